The molecule has 2 aliphatic rings. The third kappa shape index (κ3) is 1.27. The molecule has 12 heavy (non-hydrogen) atoms. The van der Waals surface area contributed by atoms with Crippen molar-refractivity contribution < 1.29 is 9.47 Å². The maximum Gasteiger partial charge on any atom is 0.282 e. The Hall–Kier alpha value is -0.770. The molecule has 0 aromatic carbocycles. The van der Waals surface area contributed by atoms with E-state index < -0.39 is 0 Å². The standard InChI is InChI=1S/C8H14N2O2/c1-6-4-8(2-3-11-6)5-10-7(9)12-8/h6H,2-5H2,1H3,(H2,9,10). The predicted octanol–water partition coefficient (Wildman–Crippen LogP) is 0.269. The molecule has 0 aliphatic carbocycles. The van der Waals surface area contributed by atoms with E-state index in [2.05, 4.69) is 11.9 Å². The summed E-state index contributed by atoms with van der Waals surface area (Å²) in [4.78, 5) is 4.06. The average Bonchev–Trinajstić information content (AvgIpc) is 2.32. The lowest BCUT2D eigenvalue weighted by Crippen LogP contribution is -2.43. The number of nitrogens with zero attached hydrogens (tertiary/aromatic N) is 1. The van der Waals surface area contributed by atoms with E-state index in [1.54, 1.807) is 0 Å². The Morgan fingerprint density at radius 2 is 2.50 bits per heavy atom. The first-order valence-electron chi connectivity index (χ1n) is 4.31. The molecule has 1 saturated heterocycles. The van der Waals surface area contributed by atoms with Crippen molar-refractivity contribution in [1.29, 1.82) is 0 Å². The Morgan fingerprint density at radius 1 is 1.67 bits per heavy atom. The maximum atomic E-state index is 5.51. The molecule has 0 radical (unpaired) electrons. The van der Waals surface area contributed by atoms with Crippen LogP contribution in [0.2, 0.25) is 0 Å². The second-order valence-corrected chi connectivity index (χ2v) is 3.58. The minimum Gasteiger partial charge on any atom is -0.457 e. The second kappa shape index (κ2) is 2.62. The topological polar surface area (TPSA) is 56.8 Å². The number of rotatable bonds is 0. The van der Waals surface area contributed by atoms with Crippen LogP contribution in [0.15, 0.2) is 4.99 Å². The van der Waals surface area contributed by atoms with Crippen LogP contribution in [0.5, 0.6) is 0 Å². The van der Waals surface area contributed by atoms with Gasteiger partial charge in [-0.3, -0.25) is 0 Å². The molecule has 2 rings (SSSR count). The van der Waals surface area contributed by atoms with Gasteiger partial charge in [0.2, 0.25) is 0 Å². The lowest BCUT2D eigenvalue weighted by molar-refractivity contribution is -0.0753. The third-order valence-corrected chi connectivity index (χ3v) is 2.46. The summed E-state index contributed by atoms with van der Waals surface area (Å²) >= 11 is 0. The summed E-state index contributed by atoms with van der Waals surface area (Å²) < 4.78 is 10.9. The minimum absolute atomic E-state index is 0.137. The Balaban J connectivity index is 2.03. The number of nitrogens with two attached hydrogens (primary N) is 1. The van der Waals surface area contributed by atoms with Gasteiger partial charge in [-0.05, 0) is 6.92 Å². The number of ether oxygens (including phenoxy) is 2. The van der Waals surface area contributed by atoms with Crippen LogP contribution in [0, 0.1) is 0 Å². The summed E-state index contributed by atoms with van der Waals surface area (Å²) in [5, 5.41) is 0. The van der Waals surface area contributed by atoms with Gasteiger partial charge >= 0.3 is 0 Å². The molecule has 2 unspecified atom stereocenters. The van der Waals surface area contributed by atoms with Gasteiger partial charge in [-0.1, -0.05) is 0 Å². The molecular weight excluding hydrogens is 156 g/mol. The van der Waals surface area contributed by atoms with E-state index in [0.717, 1.165) is 19.4 Å². The quantitative estimate of drug-likeness (QED) is 0.567. The molecule has 2 heterocycles. The van der Waals surface area contributed by atoms with Crippen molar-refractivity contribution >= 4 is 6.02 Å². The monoisotopic (exact) mass is 170 g/mol. The lowest BCUT2D eigenvalue weighted by atomic mass is 9.91. The van der Waals surface area contributed by atoms with Crippen LogP contribution in [-0.4, -0.2) is 30.9 Å². The highest BCUT2D eigenvalue weighted by Gasteiger charge is 2.41. The zero-order chi connectivity index (χ0) is 8.60. The fourth-order valence-electron chi connectivity index (χ4n) is 1.88. The first-order valence-corrected chi connectivity index (χ1v) is 4.31. The van der Waals surface area contributed by atoms with Crippen molar-refractivity contribution in [2.75, 3.05) is 13.2 Å². The van der Waals surface area contributed by atoms with Gasteiger partial charge in [-0.2, -0.15) is 0 Å². The Kier molecular flexibility index (Phi) is 1.72. The molecule has 0 aromatic rings. The summed E-state index contributed by atoms with van der Waals surface area (Å²) in [7, 11) is 0. The molecule has 0 amide bonds. The first kappa shape index (κ1) is 7.86. The molecule has 0 aromatic heterocycles. The zero-order valence-corrected chi connectivity index (χ0v) is 7.25. The van der Waals surface area contributed by atoms with Gasteiger partial charge in [-0.25, -0.2) is 4.99 Å². The van der Waals surface area contributed by atoms with Crippen LogP contribution in [0.4, 0.5) is 0 Å². The van der Waals surface area contributed by atoms with Gasteiger partial charge in [-0.15, -0.1) is 0 Å². The van der Waals surface area contributed by atoms with E-state index in [9.17, 15) is 0 Å². The van der Waals surface area contributed by atoms with Gasteiger partial charge in [0.1, 0.15) is 5.60 Å². The minimum atomic E-state index is -0.137. The summed E-state index contributed by atoms with van der Waals surface area (Å²) in [6, 6.07) is 0.337. The Bertz CT molecular complexity index is 217. The SMILES string of the molecule is CC1CC2(CCO1)CN=C(N)O2. The van der Waals surface area contributed by atoms with E-state index in [4.69, 9.17) is 15.2 Å². The van der Waals surface area contributed by atoms with E-state index in [0.29, 0.717) is 12.6 Å². The molecule has 0 bridgehead atoms. The van der Waals surface area contributed by atoms with Gasteiger partial charge in [0.05, 0.1) is 19.3 Å². The molecule has 2 atom stereocenters. The summed E-state index contributed by atoms with van der Waals surface area (Å²) in [6.45, 7) is 3.51. The Labute approximate surface area is 71.7 Å². The smallest absolute Gasteiger partial charge is 0.282 e. The molecule has 0 saturated carbocycles. The van der Waals surface area contributed by atoms with Crippen molar-refractivity contribution in [3.63, 3.8) is 0 Å². The zero-order valence-electron chi connectivity index (χ0n) is 7.25. The Morgan fingerprint density at radius 3 is 3.08 bits per heavy atom. The highest BCUT2D eigenvalue weighted by Crippen LogP contribution is 2.31. The number of hydrogen-bond acceptors (Lipinski definition) is 4. The van der Waals surface area contributed by atoms with E-state index in [-0.39, 0.29) is 11.7 Å². The van der Waals surface area contributed by atoms with Crippen LogP contribution in [0.1, 0.15) is 19.8 Å². The number of amidine groups is 1. The second-order valence-electron chi connectivity index (χ2n) is 3.58. The van der Waals surface area contributed by atoms with Crippen molar-refractivity contribution in [3.05, 3.63) is 0 Å². The van der Waals surface area contributed by atoms with E-state index in [1.807, 2.05) is 0 Å². The fourth-order valence-corrected chi connectivity index (χ4v) is 1.88. The van der Waals surface area contributed by atoms with Gasteiger partial charge < -0.3 is 15.2 Å². The van der Waals surface area contributed by atoms with E-state index >= 15 is 0 Å². The van der Waals surface area contributed by atoms with Gasteiger partial charge in [0, 0.05) is 12.8 Å². The average molecular weight is 170 g/mol. The lowest BCUT2D eigenvalue weighted by Gasteiger charge is -2.35. The molecule has 2 aliphatic heterocycles. The highest BCUT2D eigenvalue weighted by atomic mass is 16.5. The highest BCUT2D eigenvalue weighted by molar-refractivity contribution is 5.73. The van der Waals surface area contributed by atoms with Gasteiger partial charge in [0.15, 0.2) is 0 Å². The summed E-state index contributed by atoms with van der Waals surface area (Å²) in [6.07, 6.45) is 2.07. The molecule has 4 heteroatoms. The van der Waals surface area contributed by atoms with Crippen molar-refractivity contribution in [3.8, 4) is 0 Å². The molecular formula is C8H14N2O2. The van der Waals surface area contributed by atoms with E-state index in [1.165, 1.54) is 0 Å². The largest absolute Gasteiger partial charge is 0.457 e. The summed E-state index contributed by atoms with van der Waals surface area (Å²) in [5.74, 6) is 0. The fraction of sp³-hybridized carbons (Fsp3) is 0.875. The molecule has 4 nitrogen and oxygen atoms in total. The van der Waals surface area contributed by atoms with Crippen molar-refractivity contribution in [1.82, 2.24) is 0 Å². The molecule has 2 N–H and O–H groups in total. The molecule has 1 spiro atoms. The first-order chi connectivity index (χ1) is 5.70. The summed E-state index contributed by atoms with van der Waals surface area (Å²) in [5.41, 5.74) is 5.34. The van der Waals surface area contributed by atoms with Crippen LogP contribution < -0.4 is 5.73 Å². The van der Waals surface area contributed by atoms with Crippen molar-refractivity contribution in [2.45, 2.75) is 31.5 Å². The molecule has 68 valence electrons. The van der Waals surface area contributed by atoms with Crippen LogP contribution >= 0.6 is 0 Å². The maximum absolute atomic E-state index is 5.51. The van der Waals surface area contributed by atoms with Crippen LogP contribution in [-0.2, 0) is 9.47 Å². The van der Waals surface area contributed by atoms with Crippen molar-refractivity contribution in [2.24, 2.45) is 10.7 Å². The normalized spacial score (nSPS) is 41.1. The van der Waals surface area contributed by atoms with Gasteiger partial charge in [0.25, 0.3) is 6.02 Å². The van der Waals surface area contributed by atoms with Crippen LogP contribution in [0.3, 0.4) is 0 Å². The molecule has 1 fully saturated rings. The number of hydrogen-bond donors (Lipinski definition) is 1. The van der Waals surface area contributed by atoms with Crippen LogP contribution in [0.25, 0.3) is 0 Å². The third-order valence-electron chi connectivity index (χ3n) is 2.46. The number of aliphatic imine (C=N–C) groups is 1. The predicted molar refractivity (Wildman–Crippen MR) is 45.0 cm³/mol.